The van der Waals surface area contributed by atoms with Crippen molar-refractivity contribution in [2.24, 2.45) is 0 Å². The first-order valence-corrected chi connectivity index (χ1v) is 8.88. The molecule has 0 amide bonds. The maximum atomic E-state index is 12.5. The van der Waals surface area contributed by atoms with Crippen molar-refractivity contribution in [2.75, 3.05) is 6.61 Å². The van der Waals surface area contributed by atoms with Crippen LogP contribution >= 0.6 is 0 Å². The van der Waals surface area contributed by atoms with Gasteiger partial charge in [-0.15, -0.1) is 0 Å². The summed E-state index contributed by atoms with van der Waals surface area (Å²) in [6.07, 6.45) is 4.38. The van der Waals surface area contributed by atoms with Gasteiger partial charge in [-0.3, -0.25) is 4.57 Å². The molecule has 2 atom stereocenters. The van der Waals surface area contributed by atoms with E-state index in [0.717, 1.165) is 4.57 Å². The Hall–Kier alpha value is -3.84. The second-order valence-corrected chi connectivity index (χ2v) is 6.42. The molecule has 1 aromatic carbocycles. The summed E-state index contributed by atoms with van der Waals surface area (Å²) >= 11 is 0. The van der Waals surface area contributed by atoms with Crippen LogP contribution in [0.5, 0.6) is 0 Å². The van der Waals surface area contributed by atoms with Crippen molar-refractivity contribution < 1.29 is 14.3 Å². The molecule has 0 saturated carbocycles. The van der Waals surface area contributed by atoms with E-state index >= 15 is 0 Å². The van der Waals surface area contributed by atoms with Crippen LogP contribution in [-0.2, 0) is 15.2 Å². The molecule has 1 aliphatic rings. The summed E-state index contributed by atoms with van der Waals surface area (Å²) in [5, 5.41) is 13.6. The van der Waals surface area contributed by atoms with E-state index in [4.69, 9.17) is 9.47 Å². The van der Waals surface area contributed by atoms with E-state index in [0.29, 0.717) is 12.0 Å². The van der Waals surface area contributed by atoms with Gasteiger partial charge in [0, 0.05) is 12.6 Å². The molecule has 2 aromatic heterocycles. The number of nitrogens with zero attached hydrogens (tertiary/aromatic N) is 6. The molecule has 0 spiro atoms. The summed E-state index contributed by atoms with van der Waals surface area (Å²) in [7, 11) is 0. The summed E-state index contributed by atoms with van der Waals surface area (Å²) in [6, 6.07) is 12.2. The van der Waals surface area contributed by atoms with Crippen LogP contribution in [-0.4, -0.2) is 43.0 Å². The van der Waals surface area contributed by atoms with Crippen molar-refractivity contribution >= 4 is 5.97 Å². The lowest BCUT2D eigenvalue weighted by atomic mass is 10.1. The first-order chi connectivity index (χ1) is 14.1. The summed E-state index contributed by atoms with van der Waals surface area (Å²) in [5.74, 6) is -0.192. The number of ether oxygens (including phenoxy) is 2. The molecule has 0 bridgehead atoms. The van der Waals surface area contributed by atoms with Gasteiger partial charge in [0.05, 0.1) is 11.7 Å². The SMILES string of the molecule is N#C[C@@]1(n2ccc(-n3cncn3)nc2=O)CC[C@H](COC(=O)c2ccccc2)O1. The number of carbonyl (C=O) groups is 1. The highest BCUT2D eigenvalue weighted by molar-refractivity contribution is 5.89. The fraction of sp³-hybridized carbons (Fsp3) is 0.263. The lowest BCUT2D eigenvalue weighted by Gasteiger charge is -2.24. The second kappa shape index (κ2) is 7.65. The molecular weight excluding hydrogens is 376 g/mol. The summed E-state index contributed by atoms with van der Waals surface area (Å²) < 4.78 is 13.6. The Morgan fingerprint density at radius 3 is 2.86 bits per heavy atom. The number of rotatable bonds is 5. The normalized spacial score (nSPS) is 20.9. The Labute approximate surface area is 165 Å². The average molecular weight is 392 g/mol. The maximum Gasteiger partial charge on any atom is 0.352 e. The van der Waals surface area contributed by atoms with Crippen LogP contribution in [0.3, 0.4) is 0 Å². The Kier molecular flexibility index (Phi) is 4.88. The molecule has 3 aromatic rings. The van der Waals surface area contributed by atoms with Gasteiger partial charge >= 0.3 is 11.7 Å². The smallest absolute Gasteiger partial charge is 0.352 e. The molecule has 0 N–H and O–H groups in total. The van der Waals surface area contributed by atoms with Gasteiger partial charge in [-0.2, -0.15) is 15.3 Å². The minimum Gasteiger partial charge on any atom is -0.459 e. The molecule has 0 unspecified atom stereocenters. The topological polar surface area (TPSA) is 125 Å². The predicted molar refractivity (Wildman–Crippen MR) is 97.8 cm³/mol. The second-order valence-electron chi connectivity index (χ2n) is 6.42. The monoisotopic (exact) mass is 392 g/mol. The molecule has 4 rings (SSSR count). The van der Waals surface area contributed by atoms with Crippen LogP contribution in [0, 0.1) is 11.3 Å². The van der Waals surface area contributed by atoms with Crippen LogP contribution in [0.4, 0.5) is 0 Å². The fourth-order valence-corrected chi connectivity index (χ4v) is 3.13. The molecule has 10 nitrogen and oxygen atoms in total. The van der Waals surface area contributed by atoms with Gasteiger partial charge in [-0.05, 0) is 24.6 Å². The molecule has 3 heterocycles. The van der Waals surface area contributed by atoms with E-state index in [1.165, 1.54) is 23.5 Å². The third kappa shape index (κ3) is 3.63. The van der Waals surface area contributed by atoms with E-state index < -0.39 is 23.5 Å². The van der Waals surface area contributed by atoms with E-state index in [-0.39, 0.29) is 18.8 Å². The Morgan fingerprint density at radius 1 is 1.34 bits per heavy atom. The Morgan fingerprint density at radius 2 is 2.17 bits per heavy atom. The van der Waals surface area contributed by atoms with E-state index in [2.05, 4.69) is 21.1 Å². The number of hydrogen-bond acceptors (Lipinski definition) is 8. The van der Waals surface area contributed by atoms with E-state index in [9.17, 15) is 14.9 Å². The predicted octanol–water partition coefficient (Wildman–Crippen LogP) is 1.04. The highest BCUT2D eigenvalue weighted by Gasteiger charge is 2.43. The molecule has 10 heteroatoms. The first kappa shape index (κ1) is 18.5. The van der Waals surface area contributed by atoms with Gasteiger partial charge in [0.25, 0.3) is 0 Å². The largest absolute Gasteiger partial charge is 0.459 e. The molecule has 29 heavy (non-hydrogen) atoms. The zero-order chi connectivity index (χ0) is 20.3. The van der Waals surface area contributed by atoms with Crippen molar-refractivity contribution in [3.05, 3.63) is 71.3 Å². The van der Waals surface area contributed by atoms with Crippen LogP contribution < -0.4 is 5.69 Å². The third-order valence-electron chi connectivity index (χ3n) is 4.58. The Balaban J connectivity index is 1.47. The highest BCUT2D eigenvalue weighted by atomic mass is 16.6. The summed E-state index contributed by atoms with van der Waals surface area (Å²) in [6.45, 7) is -0.0175. The van der Waals surface area contributed by atoms with Crippen molar-refractivity contribution in [3.8, 4) is 11.9 Å². The van der Waals surface area contributed by atoms with Crippen molar-refractivity contribution in [3.63, 3.8) is 0 Å². The zero-order valence-corrected chi connectivity index (χ0v) is 15.2. The molecule has 0 radical (unpaired) electrons. The Bertz CT molecular complexity index is 1110. The number of esters is 1. The standard InChI is InChI=1S/C19H16N6O4/c20-11-19(24-9-7-16(23-18(24)27)25-13-21-12-22-25)8-6-15(29-19)10-28-17(26)14-4-2-1-3-5-14/h1-5,7,9,12-13,15H,6,8,10H2/t15-,19-/m1/s1. The molecule has 1 fully saturated rings. The van der Waals surface area contributed by atoms with E-state index in [1.54, 1.807) is 36.4 Å². The highest BCUT2D eigenvalue weighted by Crippen LogP contribution is 2.33. The molecule has 1 aliphatic heterocycles. The molecular formula is C19H16N6O4. The van der Waals surface area contributed by atoms with Gasteiger partial charge in [0.1, 0.15) is 25.3 Å². The van der Waals surface area contributed by atoms with Crippen molar-refractivity contribution in [1.82, 2.24) is 24.3 Å². The number of hydrogen-bond donors (Lipinski definition) is 0. The maximum absolute atomic E-state index is 12.5. The van der Waals surface area contributed by atoms with Crippen LogP contribution in [0.25, 0.3) is 5.82 Å². The summed E-state index contributed by atoms with van der Waals surface area (Å²) in [5.41, 5.74) is -1.72. The number of carbonyl (C=O) groups excluding carboxylic acids is 1. The minimum atomic E-state index is -1.51. The minimum absolute atomic E-state index is 0.0175. The average Bonchev–Trinajstić information content (AvgIpc) is 3.43. The quantitative estimate of drug-likeness (QED) is 0.590. The van der Waals surface area contributed by atoms with Gasteiger partial charge < -0.3 is 9.47 Å². The van der Waals surface area contributed by atoms with Crippen LogP contribution in [0.1, 0.15) is 23.2 Å². The van der Waals surface area contributed by atoms with Gasteiger partial charge in [0.15, 0.2) is 5.82 Å². The molecule has 1 saturated heterocycles. The van der Waals surface area contributed by atoms with Crippen molar-refractivity contribution in [2.45, 2.75) is 24.7 Å². The first-order valence-electron chi connectivity index (χ1n) is 8.88. The molecule has 146 valence electrons. The van der Waals surface area contributed by atoms with Crippen LogP contribution in [0.15, 0.2) is 60.0 Å². The summed E-state index contributed by atoms with van der Waals surface area (Å²) in [4.78, 5) is 32.4. The van der Waals surface area contributed by atoms with E-state index in [1.807, 2.05) is 0 Å². The fourth-order valence-electron chi connectivity index (χ4n) is 3.13. The zero-order valence-electron chi connectivity index (χ0n) is 15.2. The number of nitriles is 1. The van der Waals surface area contributed by atoms with Gasteiger partial charge in [-0.1, -0.05) is 18.2 Å². The third-order valence-corrected chi connectivity index (χ3v) is 4.58. The number of aromatic nitrogens is 5. The van der Waals surface area contributed by atoms with Gasteiger partial charge in [0.2, 0.25) is 5.72 Å². The van der Waals surface area contributed by atoms with Crippen LogP contribution in [0.2, 0.25) is 0 Å². The molecule has 0 aliphatic carbocycles. The van der Waals surface area contributed by atoms with Crippen molar-refractivity contribution in [1.29, 1.82) is 5.26 Å². The lowest BCUT2D eigenvalue weighted by molar-refractivity contribution is -0.0774. The lowest BCUT2D eigenvalue weighted by Crippen LogP contribution is -2.41. The number of benzene rings is 1. The van der Waals surface area contributed by atoms with Gasteiger partial charge in [-0.25, -0.2) is 19.3 Å².